The molecule has 14 heavy (non-hydrogen) atoms. The maximum atomic E-state index is 11.4. The molecule has 0 saturated carbocycles. The zero-order valence-electron chi connectivity index (χ0n) is 8.36. The Kier molecular flexibility index (Phi) is 3.72. The predicted molar refractivity (Wildman–Crippen MR) is 58.2 cm³/mol. The summed E-state index contributed by atoms with van der Waals surface area (Å²) < 4.78 is 0. The molecule has 76 valence electrons. The number of carbonyl (C=O) groups is 1. The molecule has 3 heteroatoms. The summed E-state index contributed by atoms with van der Waals surface area (Å²) in [5, 5.41) is 9.42. The lowest BCUT2D eigenvalue weighted by Crippen LogP contribution is -2.21. The Hall–Kier alpha value is -0.800. The summed E-state index contributed by atoms with van der Waals surface area (Å²) in [5.41, 5.74) is -0.918. The van der Waals surface area contributed by atoms with Crippen molar-refractivity contribution >= 4 is 16.9 Å². The fraction of sp³-hybridized carbons (Fsp3) is 0.364. The normalized spacial score (nSPS) is 11.4. The van der Waals surface area contributed by atoms with Crippen LogP contribution in [0.25, 0.3) is 0 Å². The largest absolute Gasteiger partial charge is 0.390 e. The molecule has 0 unspecified atom stereocenters. The van der Waals surface area contributed by atoms with E-state index < -0.39 is 5.60 Å². The Morgan fingerprint density at radius 2 is 1.93 bits per heavy atom. The van der Waals surface area contributed by atoms with Crippen LogP contribution in [0.4, 0.5) is 0 Å². The molecule has 0 aromatic heterocycles. The lowest BCUT2D eigenvalue weighted by atomic mass is 10.1. The van der Waals surface area contributed by atoms with Gasteiger partial charge in [-0.3, -0.25) is 4.79 Å². The van der Waals surface area contributed by atoms with Crippen molar-refractivity contribution in [3.63, 3.8) is 0 Å². The van der Waals surface area contributed by atoms with Crippen molar-refractivity contribution < 1.29 is 9.90 Å². The zero-order valence-corrected chi connectivity index (χ0v) is 9.17. The van der Waals surface area contributed by atoms with Gasteiger partial charge in [0.1, 0.15) is 0 Å². The number of rotatable bonds is 3. The Morgan fingerprint density at radius 1 is 1.36 bits per heavy atom. The van der Waals surface area contributed by atoms with E-state index in [2.05, 4.69) is 0 Å². The lowest BCUT2D eigenvalue weighted by molar-refractivity contribution is -0.114. The number of aliphatic hydroxyl groups is 1. The van der Waals surface area contributed by atoms with E-state index in [4.69, 9.17) is 0 Å². The Labute approximate surface area is 88.3 Å². The van der Waals surface area contributed by atoms with E-state index in [1.165, 1.54) is 11.8 Å². The van der Waals surface area contributed by atoms with E-state index in [0.29, 0.717) is 0 Å². The van der Waals surface area contributed by atoms with Gasteiger partial charge in [0.25, 0.3) is 0 Å². The van der Waals surface area contributed by atoms with Crippen LogP contribution in [0.2, 0.25) is 0 Å². The van der Waals surface area contributed by atoms with Crippen molar-refractivity contribution in [2.45, 2.75) is 30.8 Å². The van der Waals surface area contributed by atoms with Crippen LogP contribution < -0.4 is 0 Å². The minimum Gasteiger partial charge on any atom is -0.390 e. The summed E-state index contributed by atoms with van der Waals surface area (Å²) in [6.45, 7) is 3.27. The molecule has 0 aliphatic heterocycles. The molecule has 0 amide bonds. The molecule has 0 heterocycles. The molecule has 0 bridgehead atoms. The van der Waals surface area contributed by atoms with Crippen molar-refractivity contribution in [1.82, 2.24) is 0 Å². The first kappa shape index (κ1) is 11.3. The number of thioether (sulfide) groups is 1. The highest BCUT2D eigenvalue weighted by molar-refractivity contribution is 8.13. The van der Waals surface area contributed by atoms with Gasteiger partial charge in [0.2, 0.25) is 0 Å². The van der Waals surface area contributed by atoms with Crippen molar-refractivity contribution in [1.29, 1.82) is 0 Å². The third-order valence-electron chi connectivity index (χ3n) is 1.55. The van der Waals surface area contributed by atoms with E-state index in [1.807, 2.05) is 30.3 Å². The van der Waals surface area contributed by atoms with E-state index in [-0.39, 0.29) is 11.5 Å². The number of carbonyl (C=O) groups excluding carboxylic acids is 1. The van der Waals surface area contributed by atoms with Gasteiger partial charge in [0.15, 0.2) is 5.12 Å². The van der Waals surface area contributed by atoms with Gasteiger partial charge in [-0.15, -0.1) is 0 Å². The van der Waals surface area contributed by atoms with Gasteiger partial charge in [-0.1, -0.05) is 30.0 Å². The molecule has 1 aromatic carbocycles. The first-order valence-corrected chi connectivity index (χ1v) is 5.27. The summed E-state index contributed by atoms with van der Waals surface area (Å²) in [6.07, 6.45) is 0.173. The molecule has 0 saturated heterocycles. The summed E-state index contributed by atoms with van der Waals surface area (Å²) in [5.74, 6) is 0. The Balaban J connectivity index is 2.50. The highest BCUT2D eigenvalue weighted by Crippen LogP contribution is 2.22. The molecular formula is C11H14O2S. The van der Waals surface area contributed by atoms with E-state index in [1.54, 1.807) is 13.8 Å². The summed E-state index contributed by atoms with van der Waals surface area (Å²) in [4.78, 5) is 12.3. The summed E-state index contributed by atoms with van der Waals surface area (Å²) in [6, 6.07) is 9.45. The van der Waals surface area contributed by atoms with Gasteiger partial charge >= 0.3 is 0 Å². The number of hydrogen-bond donors (Lipinski definition) is 1. The molecule has 0 aliphatic rings. The molecule has 2 nitrogen and oxygen atoms in total. The third-order valence-corrected chi connectivity index (χ3v) is 2.43. The van der Waals surface area contributed by atoms with Crippen LogP contribution in [0, 0.1) is 0 Å². The average molecular weight is 210 g/mol. The maximum absolute atomic E-state index is 11.4. The molecule has 0 spiro atoms. The fourth-order valence-electron chi connectivity index (χ4n) is 1.01. The van der Waals surface area contributed by atoms with Gasteiger partial charge < -0.3 is 5.11 Å². The number of benzene rings is 1. The maximum Gasteiger partial charge on any atom is 0.196 e. The topological polar surface area (TPSA) is 37.3 Å². The number of hydrogen-bond acceptors (Lipinski definition) is 3. The van der Waals surface area contributed by atoms with Crippen molar-refractivity contribution in [3.05, 3.63) is 30.3 Å². The van der Waals surface area contributed by atoms with Crippen molar-refractivity contribution in [2.75, 3.05) is 0 Å². The first-order valence-electron chi connectivity index (χ1n) is 4.45. The highest BCUT2D eigenvalue weighted by Gasteiger charge is 2.18. The summed E-state index contributed by atoms with van der Waals surface area (Å²) in [7, 11) is 0. The summed E-state index contributed by atoms with van der Waals surface area (Å²) >= 11 is 1.17. The monoisotopic (exact) mass is 210 g/mol. The minimum atomic E-state index is -0.918. The van der Waals surface area contributed by atoms with Crippen LogP contribution in [0.15, 0.2) is 35.2 Å². The van der Waals surface area contributed by atoms with Gasteiger partial charge in [0.05, 0.1) is 5.60 Å². The van der Waals surface area contributed by atoms with Crippen LogP contribution in [0.3, 0.4) is 0 Å². The SMILES string of the molecule is CC(C)(O)CC(=O)Sc1ccccc1. The zero-order chi connectivity index (χ0) is 10.6. The van der Waals surface area contributed by atoms with Crippen LogP contribution >= 0.6 is 11.8 Å². The van der Waals surface area contributed by atoms with Crippen molar-refractivity contribution in [3.8, 4) is 0 Å². The van der Waals surface area contributed by atoms with E-state index in [0.717, 1.165) is 4.90 Å². The van der Waals surface area contributed by atoms with Gasteiger partial charge in [-0.05, 0) is 26.0 Å². The fourth-order valence-corrected chi connectivity index (χ4v) is 1.99. The first-order chi connectivity index (χ1) is 6.47. The molecule has 1 rings (SSSR count). The van der Waals surface area contributed by atoms with Crippen LogP contribution in [0.5, 0.6) is 0 Å². The van der Waals surface area contributed by atoms with Crippen LogP contribution in [0.1, 0.15) is 20.3 Å². The molecule has 0 fully saturated rings. The van der Waals surface area contributed by atoms with E-state index in [9.17, 15) is 9.90 Å². The quantitative estimate of drug-likeness (QED) is 0.779. The lowest BCUT2D eigenvalue weighted by Gasteiger charge is -2.14. The highest BCUT2D eigenvalue weighted by atomic mass is 32.2. The second kappa shape index (κ2) is 4.62. The molecule has 0 atom stereocenters. The average Bonchev–Trinajstić information content (AvgIpc) is 2.02. The van der Waals surface area contributed by atoms with Gasteiger partial charge in [-0.25, -0.2) is 0 Å². The Morgan fingerprint density at radius 3 is 2.43 bits per heavy atom. The third kappa shape index (κ3) is 4.44. The second-order valence-electron chi connectivity index (χ2n) is 3.78. The predicted octanol–water partition coefficient (Wildman–Crippen LogP) is 2.47. The minimum absolute atomic E-state index is 0.0105. The standard InChI is InChI=1S/C11H14O2S/c1-11(2,13)8-10(12)14-9-6-4-3-5-7-9/h3-7,13H,8H2,1-2H3. The van der Waals surface area contributed by atoms with Gasteiger partial charge in [-0.2, -0.15) is 0 Å². The molecule has 1 aromatic rings. The molecule has 1 N–H and O–H groups in total. The smallest absolute Gasteiger partial charge is 0.196 e. The molecule has 0 aliphatic carbocycles. The van der Waals surface area contributed by atoms with Gasteiger partial charge in [0, 0.05) is 11.3 Å². The Bertz CT molecular complexity index is 301. The van der Waals surface area contributed by atoms with Crippen LogP contribution in [-0.4, -0.2) is 15.8 Å². The molecule has 0 radical (unpaired) electrons. The second-order valence-corrected chi connectivity index (χ2v) is 4.91. The van der Waals surface area contributed by atoms with E-state index >= 15 is 0 Å². The van der Waals surface area contributed by atoms with Crippen molar-refractivity contribution in [2.24, 2.45) is 0 Å². The van der Waals surface area contributed by atoms with Crippen LogP contribution in [-0.2, 0) is 4.79 Å². The molecular weight excluding hydrogens is 196 g/mol.